The summed E-state index contributed by atoms with van der Waals surface area (Å²) < 4.78 is 0. The molecule has 2 aromatic rings. The molecule has 4 nitrogen and oxygen atoms in total. The number of nitrogens with zero attached hydrogens (tertiary/aromatic N) is 2. The van der Waals surface area contributed by atoms with Gasteiger partial charge in [0.25, 0.3) is 0 Å². The Bertz CT molecular complexity index is 721. The van der Waals surface area contributed by atoms with E-state index >= 15 is 0 Å². The molecule has 4 heteroatoms. The van der Waals surface area contributed by atoms with Crippen LogP contribution < -0.4 is 5.43 Å². The van der Waals surface area contributed by atoms with Crippen molar-refractivity contribution >= 4 is 17.3 Å². The number of Topliss-reactive ketones (excluding diaryl/α,β-unsaturated/α-hetero) is 1. The van der Waals surface area contributed by atoms with Gasteiger partial charge < -0.3 is 0 Å². The SMILES string of the molecule is CC1=NNC(c2ccccc2)=NC1CC(=O)c1ccccc1. The lowest BCUT2D eigenvalue weighted by molar-refractivity contribution is 0.0980. The Morgan fingerprint density at radius 3 is 2.36 bits per heavy atom. The number of hydrogen-bond acceptors (Lipinski definition) is 4. The van der Waals surface area contributed by atoms with Crippen molar-refractivity contribution in [1.29, 1.82) is 0 Å². The third-order valence-electron chi connectivity index (χ3n) is 3.63. The summed E-state index contributed by atoms with van der Waals surface area (Å²) in [5, 5.41) is 4.30. The van der Waals surface area contributed by atoms with E-state index in [-0.39, 0.29) is 11.8 Å². The molecular formula is C18H17N3O. The van der Waals surface area contributed by atoms with Crippen molar-refractivity contribution in [3.05, 3.63) is 71.8 Å². The first-order chi connectivity index (χ1) is 10.7. The Morgan fingerprint density at radius 2 is 1.68 bits per heavy atom. The van der Waals surface area contributed by atoms with E-state index in [9.17, 15) is 4.79 Å². The fraction of sp³-hybridized carbons (Fsp3) is 0.167. The molecule has 1 unspecified atom stereocenters. The molecule has 0 spiro atoms. The van der Waals surface area contributed by atoms with Gasteiger partial charge in [-0.05, 0) is 6.92 Å². The molecule has 0 saturated heterocycles. The van der Waals surface area contributed by atoms with Gasteiger partial charge in [-0.2, -0.15) is 5.10 Å². The van der Waals surface area contributed by atoms with Gasteiger partial charge in [0.2, 0.25) is 0 Å². The van der Waals surface area contributed by atoms with Crippen molar-refractivity contribution in [2.24, 2.45) is 10.1 Å². The van der Waals surface area contributed by atoms with Gasteiger partial charge in [-0.15, -0.1) is 0 Å². The predicted molar refractivity (Wildman–Crippen MR) is 88.4 cm³/mol. The Balaban J connectivity index is 1.80. The molecular weight excluding hydrogens is 274 g/mol. The van der Waals surface area contributed by atoms with Gasteiger partial charge in [0.1, 0.15) is 5.84 Å². The number of amidine groups is 1. The van der Waals surface area contributed by atoms with Gasteiger partial charge in [-0.25, -0.2) is 0 Å². The third kappa shape index (κ3) is 3.11. The summed E-state index contributed by atoms with van der Waals surface area (Å²) in [5.41, 5.74) is 5.46. The normalized spacial score (nSPS) is 17.2. The topological polar surface area (TPSA) is 53.8 Å². The molecule has 2 aromatic carbocycles. The van der Waals surface area contributed by atoms with E-state index in [4.69, 9.17) is 0 Å². The number of benzene rings is 2. The number of hydrogen-bond donors (Lipinski definition) is 1. The highest BCUT2D eigenvalue weighted by atomic mass is 16.1. The zero-order valence-electron chi connectivity index (χ0n) is 12.4. The first-order valence-corrected chi connectivity index (χ1v) is 7.25. The summed E-state index contributed by atoms with van der Waals surface area (Å²) in [4.78, 5) is 17.0. The van der Waals surface area contributed by atoms with E-state index < -0.39 is 0 Å². The quantitative estimate of drug-likeness (QED) is 0.880. The molecule has 1 heterocycles. The maximum Gasteiger partial charge on any atom is 0.165 e. The molecule has 0 saturated carbocycles. The molecule has 0 aliphatic carbocycles. The second-order valence-electron chi connectivity index (χ2n) is 5.22. The van der Waals surface area contributed by atoms with Crippen LogP contribution in [0.1, 0.15) is 29.3 Å². The monoisotopic (exact) mass is 291 g/mol. The lowest BCUT2D eigenvalue weighted by Gasteiger charge is -2.19. The number of carbonyl (C=O) groups excluding carboxylic acids is 1. The van der Waals surface area contributed by atoms with E-state index in [0.29, 0.717) is 17.8 Å². The fourth-order valence-corrected chi connectivity index (χ4v) is 2.34. The van der Waals surface area contributed by atoms with Gasteiger partial charge >= 0.3 is 0 Å². The average molecular weight is 291 g/mol. The Labute approximate surface area is 129 Å². The molecule has 1 N–H and O–H groups in total. The fourth-order valence-electron chi connectivity index (χ4n) is 2.34. The van der Waals surface area contributed by atoms with Crippen LogP contribution in [0.5, 0.6) is 0 Å². The van der Waals surface area contributed by atoms with Crippen LogP contribution >= 0.6 is 0 Å². The largest absolute Gasteiger partial charge is 0.294 e. The molecule has 0 fully saturated rings. The Morgan fingerprint density at radius 1 is 1.05 bits per heavy atom. The molecule has 0 bridgehead atoms. The minimum absolute atomic E-state index is 0.0817. The van der Waals surface area contributed by atoms with E-state index in [1.165, 1.54) is 0 Å². The van der Waals surface area contributed by atoms with Crippen molar-refractivity contribution in [3.63, 3.8) is 0 Å². The second-order valence-corrected chi connectivity index (χ2v) is 5.22. The van der Waals surface area contributed by atoms with Crippen LogP contribution in [0.4, 0.5) is 0 Å². The summed E-state index contributed by atoms with van der Waals surface area (Å²) >= 11 is 0. The molecule has 1 aliphatic heterocycles. The molecule has 1 aliphatic rings. The smallest absolute Gasteiger partial charge is 0.165 e. The van der Waals surface area contributed by atoms with Crippen molar-refractivity contribution in [2.75, 3.05) is 0 Å². The number of nitrogens with one attached hydrogen (secondary N) is 1. The maximum atomic E-state index is 12.4. The molecule has 22 heavy (non-hydrogen) atoms. The van der Waals surface area contributed by atoms with Gasteiger partial charge in [0.05, 0.1) is 11.8 Å². The van der Waals surface area contributed by atoms with Crippen LogP contribution in [0.25, 0.3) is 0 Å². The number of hydrazone groups is 1. The van der Waals surface area contributed by atoms with Crippen LogP contribution in [0.15, 0.2) is 70.8 Å². The molecule has 0 amide bonds. The number of aliphatic imine (C=N–C) groups is 1. The van der Waals surface area contributed by atoms with Crippen LogP contribution in [0.3, 0.4) is 0 Å². The minimum Gasteiger partial charge on any atom is -0.294 e. The number of ketones is 1. The summed E-state index contributed by atoms with van der Waals surface area (Å²) in [6, 6.07) is 18.9. The summed E-state index contributed by atoms with van der Waals surface area (Å²) in [7, 11) is 0. The molecule has 1 atom stereocenters. The summed E-state index contributed by atoms with van der Waals surface area (Å²) in [6.07, 6.45) is 0.331. The minimum atomic E-state index is -0.218. The maximum absolute atomic E-state index is 12.4. The Hall–Kier alpha value is -2.75. The standard InChI is InChI=1S/C18H17N3O/c1-13-16(12-17(22)14-8-4-2-5-9-14)19-18(21-20-13)15-10-6-3-7-11-15/h2-11,16H,12H2,1H3,(H,19,21). The van der Waals surface area contributed by atoms with Crippen molar-refractivity contribution in [1.82, 2.24) is 5.43 Å². The third-order valence-corrected chi connectivity index (χ3v) is 3.63. The van der Waals surface area contributed by atoms with Crippen molar-refractivity contribution in [2.45, 2.75) is 19.4 Å². The van der Waals surface area contributed by atoms with Crippen molar-refractivity contribution < 1.29 is 4.79 Å². The van der Waals surface area contributed by atoms with Crippen LogP contribution in [-0.2, 0) is 0 Å². The molecule has 0 radical (unpaired) electrons. The molecule has 3 rings (SSSR count). The van der Waals surface area contributed by atoms with Crippen LogP contribution in [0, 0.1) is 0 Å². The summed E-state index contributed by atoms with van der Waals surface area (Å²) in [6.45, 7) is 1.89. The highest BCUT2D eigenvalue weighted by Gasteiger charge is 2.21. The molecule has 0 aromatic heterocycles. The van der Waals surface area contributed by atoms with Gasteiger partial charge in [-0.3, -0.25) is 15.2 Å². The molecule has 110 valence electrons. The lowest BCUT2D eigenvalue weighted by atomic mass is 10.0. The zero-order valence-corrected chi connectivity index (χ0v) is 12.4. The van der Waals surface area contributed by atoms with E-state index in [1.807, 2.05) is 67.6 Å². The predicted octanol–water partition coefficient (Wildman–Crippen LogP) is 3.05. The average Bonchev–Trinajstić information content (AvgIpc) is 2.58. The van der Waals surface area contributed by atoms with Gasteiger partial charge in [0.15, 0.2) is 5.78 Å². The van der Waals surface area contributed by atoms with Crippen LogP contribution in [0.2, 0.25) is 0 Å². The van der Waals surface area contributed by atoms with E-state index in [2.05, 4.69) is 15.5 Å². The number of rotatable bonds is 4. The van der Waals surface area contributed by atoms with Crippen LogP contribution in [-0.4, -0.2) is 23.4 Å². The zero-order chi connectivity index (χ0) is 15.4. The van der Waals surface area contributed by atoms with E-state index in [1.54, 1.807) is 0 Å². The second kappa shape index (κ2) is 6.35. The van der Waals surface area contributed by atoms with Crippen molar-refractivity contribution in [3.8, 4) is 0 Å². The highest BCUT2D eigenvalue weighted by molar-refractivity contribution is 6.06. The first kappa shape index (κ1) is 14.2. The first-order valence-electron chi connectivity index (χ1n) is 7.25. The highest BCUT2D eigenvalue weighted by Crippen LogP contribution is 2.13. The van der Waals surface area contributed by atoms with Gasteiger partial charge in [0, 0.05) is 17.5 Å². The summed E-state index contributed by atoms with van der Waals surface area (Å²) in [5.74, 6) is 0.787. The number of carbonyl (C=O) groups is 1. The van der Waals surface area contributed by atoms with E-state index in [0.717, 1.165) is 11.3 Å². The Kier molecular flexibility index (Phi) is 4.10. The lowest BCUT2D eigenvalue weighted by Crippen LogP contribution is -2.33. The van der Waals surface area contributed by atoms with Gasteiger partial charge in [-0.1, -0.05) is 60.7 Å².